The van der Waals surface area contributed by atoms with E-state index in [-0.39, 0.29) is 10.8 Å². The molecule has 0 amide bonds. The summed E-state index contributed by atoms with van der Waals surface area (Å²) in [6.45, 7) is 9.52. The van der Waals surface area contributed by atoms with Crippen molar-refractivity contribution in [3.05, 3.63) is 162 Å². The molecule has 1 aromatic heterocycles. The van der Waals surface area contributed by atoms with Gasteiger partial charge in [-0.2, -0.15) is 0 Å². The van der Waals surface area contributed by atoms with Crippen LogP contribution in [0.15, 0.2) is 140 Å². The second kappa shape index (κ2) is 9.62. The highest BCUT2D eigenvalue weighted by Crippen LogP contribution is 2.55. The van der Waals surface area contributed by atoms with Crippen LogP contribution in [0.1, 0.15) is 49.9 Å². The van der Waals surface area contributed by atoms with Gasteiger partial charge in [-0.15, -0.1) is 11.3 Å². The lowest BCUT2D eigenvalue weighted by Crippen LogP contribution is -2.18. The highest BCUT2D eigenvalue weighted by Gasteiger charge is 2.38. The summed E-state index contributed by atoms with van der Waals surface area (Å²) in [6.07, 6.45) is 0. The third kappa shape index (κ3) is 3.52. The second-order valence-corrected chi connectivity index (χ2v) is 16.4. The van der Waals surface area contributed by atoms with E-state index in [0.717, 1.165) is 0 Å². The van der Waals surface area contributed by atoms with Crippen LogP contribution in [0, 0.1) is 0 Å². The van der Waals surface area contributed by atoms with Crippen molar-refractivity contribution >= 4 is 70.1 Å². The fourth-order valence-electron chi connectivity index (χ4n) is 9.61. The molecule has 0 aliphatic heterocycles. The van der Waals surface area contributed by atoms with Gasteiger partial charge in [-0.25, -0.2) is 0 Å². The maximum absolute atomic E-state index is 2.56. The Hall–Kier alpha value is -5.44. The van der Waals surface area contributed by atoms with Gasteiger partial charge in [0.1, 0.15) is 0 Å². The smallest absolute Gasteiger partial charge is 0.0547 e. The molecule has 0 bridgehead atoms. The van der Waals surface area contributed by atoms with Crippen molar-refractivity contribution in [2.45, 2.75) is 38.5 Å². The van der Waals surface area contributed by atoms with E-state index in [9.17, 15) is 0 Å². The molecule has 1 heterocycles. The lowest BCUT2D eigenvalue weighted by molar-refractivity contribution is 0.660. The summed E-state index contributed by atoms with van der Waals surface area (Å²) in [7, 11) is 0. The third-order valence-corrected chi connectivity index (χ3v) is 13.1. The van der Waals surface area contributed by atoms with Gasteiger partial charge < -0.3 is 4.90 Å². The van der Waals surface area contributed by atoms with Gasteiger partial charge in [0, 0.05) is 47.8 Å². The molecule has 0 fully saturated rings. The SMILES string of the molecule is CC1(C)c2ccccc2-c2ccc(N(c3ccc4c(c3)C(C)(C)c3ccccc3-4)c3ccc4sc5cccc6c7ccccc7c3c4c56)cc21. The molecule has 2 aliphatic rings. The van der Waals surface area contributed by atoms with E-state index in [4.69, 9.17) is 0 Å². The zero-order chi connectivity index (χ0) is 33.5. The largest absolute Gasteiger partial charge is 0.310 e. The average Bonchev–Trinajstić information content (AvgIpc) is 3.72. The zero-order valence-electron chi connectivity index (χ0n) is 28.6. The van der Waals surface area contributed by atoms with E-state index in [1.165, 1.54) is 103 Å². The molecule has 2 heteroatoms. The van der Waals surface area contributed by atoms with Gasteiger partial charge in [0.05, 0.1) is 5.69 Å². The molecule has 9 aromatic rings. The highest BCUT2D eigenvalue weighted by molar-refractivity contribution is 7.26. The van der Waals surface area contributed by atoms with Gasteiger partial charge >= 0.3 is 0 Å². The molecule has 0 radical (unpaired) electrons. The number of rotatable bonds is 3. The Balaban J connectivity index is 1.24. The molecule has 2 aliphatic carbocycles. The minimum absolute atomic E-state index is 0.0988. The molecular formula is C48H35NS. The molecular weight excluding hydrogens is 623 g/mol. The molecule has 0 saturated carbocycles. The summed E-state index contributed by atoms with van der Waals surface area (Å²) in [6, 6.07) is 52.9. The van der Waals surface area contributed by atoms with Gasteiger partial charge in [-0.05, 0) is 103 Å². The molecule has 0 unspecified atom stereocenters. The fourth-order valence-corrected chi connectivity index (χ4v) is 10.7. The third-order valence-electron chi connectivity index (χ3n) is 12.0. The van der Waals surface area contributed by atoms with Crippen molar-refractivity contribution in [1.82, 2.24) is 0 Å². The predicted molar refractivity (Wildman–Crippen MR) is 215 cm³/mol. The van der Waals surface area contributed by atoms with Crippen molar-refractivity contribution in [3.63, 3.8) is 0 Å². The Morgan fingerprint density at radius 1 is 0.400 bits per heavy atom. The Morgan fingerprint density at radius 2 is 0.900 bits per heavy atom. The lowest BCUT2D eigenvalue weighted by atomic mass is 9.82. The molecule has 8 aromatic carbocycles. The highest BCUT2D eigenvalue weighted by atomic mass is 32.1. The number of benzene rings is 8. The first-order valence-corrected chi connectivity index (χ1v) is 18.5. The van der Waals surface area contributed by atoms with Crippen molar-refractivity contribution in [2.75, 3.05) is 4.90 Å². The van der Waals surface area contributed by atoms with Crippen molar-refractivity contribution in [3.8, 4) is 22.3 Å². The van der Waals surface area contributed by atoms with Crippen LogP contribution in [0.2, 0.25) is 0 Å². The predicted octanol–water partition coefficient (Wildman–Crippen LogP) is 13.9. The van der Waals surface area contributed by atoms with Crippen LogP contribution < -0.4 is 4.90 Å². The lowest BCUT2D eigenvalue weighted by Gasteiger charge is -2.31. The van der Waals surface area contributed by atoms with E-state index in [0.29, 0.717) is 0 Å². The molecule has 50 heavy (non-hydrogen) atoms. The maximum atomic E-state index is 2.56. The minimum Gasteiger partial charge on any atom is -0.310 e. The summed E-state index contributed by atoms with van der Waals surface area (Å²) in [5.74, 6) is 0. The first-order chi connectivity index (χ1) is 24.3. The van der Waals surface area contributed by atoms with Crippen LogP contribution in [0.5, 0.6) is 0 Å². The molecule has 0 atom stereocenters. The Kier molecular flexibility index (Phi) is 5.47. The van der Waals surface area contributed by atoms with E-state index >= 15 is 0 Å². The van der Waals surface area contributed by atoms with Gasteiger partial charge in [0.25, 0.3) is 0 Å². The monoisotopic (exact) mass is 657 g/mol. The summed E-state index contributed by atoms with van der Waals surface area (Å²) in [4.78, 5) is 2.56. The van der Waals surface area contributed by atoms with Gasteiger partial charge in [0.15, 0.2) is 0 Å². The number of nitrogens with zero attached hydrogens (tertiary/aromatic N) is 1. The van der Waals surface area contributed by atoms with Crippen LogP contribution in [-0.2, 0) is 10.8 Å². The number of hydrogen-bond acceptors (Lipinski definition) is 2. The first-order valence-electron chi connectivity index (χ1n) is 17.7. The van der Waals surface area contributed by atoms with Crippen LogP contribution in [0.25, 0.3) is 64.0 Å². The summed E-state index contributed by atoms with van der Waals surface area (Å²) < 4.78 is 2.70. The Bertz CT molecular complexity index is 2780. The van der Waals surface area contributed by atoms with Crippen LogP contribution in [0.3, 0.4) is 0 Å². The van der Waals surface area contributed by atoms with Crippen LogP contribution >= 0.6 is 11.3 Å². The van der Waals surface area contributed by atoms with Crippen LogP contribution in [-0.4, -0.2) is 0 Å². The molecule has 0 spiro atoms. The van der Waals surface area contributed by atoms with Gasteiger partial charge in [0.2, 0.25) is 0 Å². The Morgan fingerprint density at radius 3 is 1.54 bits per heavy atom. The first kappa shape index (κ1) is 28.4. The van der Waals surface area contributed by atoms with Gasteiger partial charge in [-0.3, -0.25) is 0 Å². The topological polar surface area (TPSA) is 3.24 Å². The quantitative estimate of drug-likeness (QED) is 0.171. The molecule has 0 N–H and O–H groups in total. The number of fused-ring (bicyclic) bond motifs is 9. The molecule has 238 valence electrons. The normalized spacial score (nSPS) is 15.1. The van der Waals surface area contributed by atoms with E-state index in [2.05, 4.69) is 172 Å². The fraction of sp³-hybridized carbons (Fsp3) is 0.125. The molecule has 0 saturated heterocycles. The van der Waals surface area contributed by atoms with Crippen molar-refractivity contribution in [1.29, 1.82) is 0 Å². The number of anilines is 3. The zero-order valence-corrected chi connectivity index (χ0v) is 29.5. The van der Waals surface area contributed by atoms with Gasteiger partial charge in [-0.1, -0.05) is 125 Å². The van der Waals surface area contributed by atoms with Crippen molar-refractivity contribution in [2.24, 2.45) is 0 Å². The molecule has 1 nitrogen and oxygen atoms in total. The van der Waals surface area contributed by atoms with Crippen molar-refractivity contribution < 1.29 is 0 Å². The summed E-state index contributed by atoms with van der Waals surface area (Å²) >= 11 is 1.91. The Labute approximate surface area is 296 Å². The van der Waals surface area contributed by atoms with E-state index in [1.807, 2.05) is 11.3 Å². The van der Waals surface area contributed by atoms with E-state index < -0.39 is 0 Å². The minimum atomic E-state index is -0.0988. The van der Waals surface area contributed by atoms with E-state index in [1.54, 1.807) is 0 Å². The summed E-state index contributed by atoms with van der Waals surface area (Å²) in [5.41, 5.74) is 14.4. The standard InChI is InChI=1S/C48H35NS/c1-47(2)37-17-9-7-13-31(37)33-22-20-28(26-39(33)47)49(29-21-23-34-32-14-8-10-18-38(32)48(3,4)40(34)27-29)41-24-25-43-46-44(41)35-15-6-5-12-30(35)36-16-11-19-42(50-43)45(36)46/h5-27H,1-4H3. The number of hydrogen-bond donors (Lipinski definition) is 0. The number of thiophene rings is 1. The average molecular weight is 658 g/mol. The van der Waals surface area contributed by atoms with Crippen LogP contribution in [0.4, 0.5) is 17.1 Å². The second-order valence-electron chi connectivity index (χ2n) is 15.3. The maximum Gasteiger partial charge on any atom is 0.0547 e. The summed E-state index contributed by atoms with van der Waals surface area (Å²) in [5, 5.41) is 8.06. The molecule has 11 rings (SSSR count).